The summed E-state index contributed by atoms with van der Waals surface area (Å²) in [7, 11) is 0. The smallest absolute Gasteiger partial charge is 0.314 e. The molecule has 0 saturated carbocycles. The minimum Gasteiger partial charge on any atom is -0.388 e. The molecule has 0 aromatic heterocycles. The number of amides is 4. The number of aliphatic hydroxyl groups is 1. The predicted octanol–water partition coefficient (Wildman–Crippen LogP) is -0.573. The lowest BCUT2D eigenvalue weighted by molar-refractivity contribution is -0.136. The van der Waals surface area contributed by atoms with Gasteiger partial charge in [-0.2, -0.15) is 0 Å². The fourth-order valence-electron chi connectivity index (χ4n) is 2.54. The third-order valence-electron chi connectivity index (χ3n) is 4.24. The van der Waals surface area contributed by atoms with Gasteiger partial charge in [-0.3, -0.25) is 14.8 Å². The summed E-state index contributed by atoms with van der Waals surface area (Å²) in [5.74, 6) is 9.76. The molecule has 0 aliphatic carbocycles. The highest BCUT2D eigenvalue weighted by Crippen LogP contribution is 2.13. The molecule has 1 saturated heterocycles. The Morgan fingerprint density at radius 3 is 2.34 bits per heavy atom. The van der Waals surface area contributed by atoms with E-state index in [0.29, 0.717) is 18.7 Å². The van der Waals surface area contributed by atoms with Gasteiger partial charge in [0.1, 0.15) is 6.04 Å². The van der Waals surface area contributed by atoms with Gasteiger partial charge in [-0.15, -0.1) is 0 Å². The monoisotopic (exact) mass is 398 g/mol. The molecule has 1 atom stereocenters. The number of carbonyl (C=O) groups is 3. The molecule has 1 aliphatic rings. The number of nitrogens with one attached hydrogen (secondary N) is 2. The van der Waals surface area contributed by atoms with Crippen molar-refractivity contribution < 1.29 is 24.7 Å². The van der Waals surface area contributed by atoms with Gasteiger partial charge in [0.2, 0.25) is 0 Å². The Balaban J connectivity index is 1.96. The minimum atomic E-state index is -1.58. The maximum Gasteiger partial charge on any atom is 0.314 e. The third-order valence-corrected chi connectivity index (χ3v) is 4.24. The number of likely N-dealkylation sites (tertiary alicyclic amines) is 1. The number of hydroxylamine groups is 1. The Bertz CT molecular complexity index is 907. The molecule has 9 heteroatoms. The molecule has 0 radical (unpaired) electrons. The van der Waals surface area contributed by atoms with Crippen molar-refractivity contribution in [1.29, 1.82) is 0 Å². The summed E-state index contributed by atoms with van der Waals surface area (Å²) >= 11 is 0. The van der Waals surface area contributed by atoms with E-state index in [1.807, 2.05) is 0 Å². The molecule has 6 N–H and O–H groups in total. The summed E-state index contributed by atoms with van der Waals surface area (Å²) in [5.41, 5.74) is 5.86. The second-order valence-corrected chi connectivity index (χ2v) is 7.07. The molecule has 4 amide bonds. The molecular weight excluding hydrogens is 376 g/mol. The minimum absolute atomic E-state index is 0.0720. The Morgan fingerprint density at radius 1 is 1.21 bits per heavy atom. The van der Waals surface area contributed by atoms with Crippen LogP contribution in [-0.4, -0.2) is 57.8 Å². The van der Waals surface area contributed by atoms with Gasteiger partial charge in [0.05, 0.1) is 11.5 Å². The van der Waals surface area contributed by atoms with Crippen molar-refractivity contribution in [3.8, 4) is 23.7 Å². The van der Waals surface area contributed by atoms with Crippen LogP contribution in [-0.2, 0) is 4.79 Å². The van der Waals surface area contributed by atoms with Gasteiger partial charge in [-0.1, -0.05) is 11.8 Å². The highest BCUT2D eigenvalue weighted by atomic mass is 16.5. The van der Waals surface area contributed by atoms with Crippen LogP contribution in [0.15, 0.2) is 24.3 Å². The molecule has 29 heavy (non-hydrogen) atoms. The summed E-state index contributed by atoms with van der Waals surface area (Å²) in [6.07, 6.45) is 0. The summed E-state index contributed by atoms with van der Waals surface area (Å²) in [6, 6.07) is 4.47. The molecule has 1 aromatic carbocycles. The number of primary amides is 1. The molecule has 2 rings (SSSR count). The number of urea groups is 1. The zero-order chi connectivity index (χ0) is 21.6. The van der Waals surface area contributed by atoms with E-state index in [-0.39, 0.29) is 11.5 Å². The Labute approximate surface area is 168 Å². The van der Waals surface area contributed by atoms with E-state index in [2.05, 4.69) is 29.0 Å². The molecule has 0 spiro atoms. The highest BCUT2D eigenvalue weighted by molar-refractivity contribution is 5.97. The molecular formula is C20H22N4O5. The SMILES string of the molecule is CC(C)(O)[C@H](NC(=O)c1ccc(C#CC#CC2CN(C(N)=O)C2)cc1)C(=O)NO. The first-order chi connectivity index (χ1) is 13.6. The van der Waals surface area contributed by atoms with Crippen molar-refractivity contribution in [2.24, 2.45) is 11.7 Å². The molecule has 152 valence electrons. The number of nitrogens with two attached hydrogens (primary N) is 1. The lowest BCUT2D eigenvalue weighted by Gasteiger charge is -2.34. The van der Waals surface area contributed by atoms with Crippen molar-refractivity contribution in [3.63, 3.8) is 0 Å². The number of carbonyl (C=O) groups excluding carboxylic acids is 3. The van der Waals surface area contributed by atoms with E-state index in [0.717, 1.165) is 0 Å². The van der Waals surface area contributed by atoms with Gasteiger partial charge in [-0.25, -0.2) is 10.3 Å². The van der Waals surface area contributed by atoms with Crippen molar-refractivity contribution in [2.75, 3.05) is 13.1 Å². The van der Waals surface area contributed by atoms with E-state index in [1.165, 1.54) is 36.4 Å². The molecule has 0 unspecified atom stereocenters. The van der Waals surface area contributed by atoms with Crippen molar-refractivity contribution in [1.82, 2.24) is 15.7 Å². The van der Waals surface area contributed by atoms with Crippen LogP contribution in [0, 0.1) is 29.6 Å². The molecule has 9 nitrogen and oxygen atoms in total. The van der Waals surface area contributed by atoms with Crippen LogP contribution >= 0.6 is 0 Å². The Hall–Kier alpha value is -3.53. The van der Waals surface area contributed by atoms with Crippen LogP contribution in [0.1, 0.15) is 29.8 Å². The quantitative estimate of drug-likeness (QED) is 0.262. The van der Waals surface area contributed by atoms with Crippen molar-refractivity contribution in [3.05, 3.63) is 35.4 Å². The van der Waals surface area contributed by atoms with Gasteiger partial charge in [-0.05, 0) is 50.0 Å². The Kier molecular flexibility index (Phi) is 6.84. The van der Waals surface area contributed by atoms with Gasteiger partial charge in [0, 0.05) is 24.2 Å². The average Bonchev–Trinajstić information content (AvgIpc) is 2.62. The predicted molar refractivity (Wildman–Crippen MR) is 103 cm³/mol. The summed E-state index contributed by atoms with van der Waals surface area (Å²) < 4.78 is 0. The van der Waals surface area contributed by atoms with Crippen LogP contribution in [0.5, 0.6) is 0 Å². The first-order valence-electron chi connectivity index (χ1n) is 8.75. The summed E-state index contributed by atoms with van der Waals surface area (Å²) in [6.45, 7) is 3.69. The number of hydrogen-bond acceptors (Lipinski definition) is 5. The summed E-state index contributed by atoms with van der Waals surface area (Å²) in [5, 5.41) is 21.1. The maximum atomic E-state index is 12.3. The number of nitrogens with zero attached hydrogens (tertiary/aromatic N) is 1. The topological polar surface area (TPSA) is 145 Å². The van der Waals surface area contributed by atoms with E-state index in [1.54, 1.807) is 12.1 Å². The van der Waals surface area contributed by atoms with E-state index in [9.17, 15) is 19.5 Å². The average molecular weight is 398 g/mol. The standard InChI is InChI=1S/C20H22N4O5/c1-20(2,28)16(18(26)23-29)22-17(25)15-9-7-13(8-10-15)5-3-4-6-14-11-24(12-14)19(21)27/h7-10,14,16,28-29H,11-12H2,1-2H3,(H2,21,27)(H,22,25)(H,23,26)/t16-/m1/s1. The van der Waals surface area contributed by atoms with Gasteiger partial charge < -0.3 is 21.1 Å². The van der Waals surface area contributed by atoms with Crippen molar-refractivity contribution in [2.45, 2.75) is 25.5 Å². The number of benzene rings is 1. The van der Waals surface area contributed by atoms with Crippen molar-refractivity contribution >= 4 is 17.8 Å². The highest BCUT2D eigenvalue weighted by Gasteiger charge is 2.34. The zero-order valence-corrected chi connectivity index (χ0v) is 16.0. The van der Waals surface area contributed by atoms with Gasteiger partial charge >= 0.3 is 6.03 Å². The first-order valence-corrected chi connectivity index (χ1v) is 8.75. The van der Waals surface area contributed by atoms with E-state index >= 15 is 0 Å². The van der Waals surface area contributed by atoms with E-state index in [4.69, 9.17) is 10.9 Å². The zero-order valence-electron chi connectivity index (χ0n) is 16.0. The number of rotatable bonds is 4. The maximum absolute atomic E-state index is 12.3. The first kappa shape index (κ1) is 21.8. The Morgan fingerprint density at radius 2 is 1.83 bits per heavy atom. The largest absolute Gasteiger partial charge is 0.388 e. The fourth-order valence-corrected chi connectivity index (χ4v) is 2.54. The van der Waals surface area contributed by atoms with Crippen LogP contribution in [0.4, 0.5) is 4.79 Å². The molecule has 1 heterocycles. The van der Waals surface area contributed by atoms with E-state index < -0.39 is 29.5 Å². The van der Waals surface area contributed by atoms with Crippen LogP contribution in [0.3, 0.4) is 0 Å². The molecule has 1 fully saturated rings. The second kappa shape index (κ2) is 9.11. The van der Waals surface area contributed by atoms with Crippen LogP contribution < -0.4 is 16.5 Å². The third kappa shape index (κ3) is 5.98. The fraction of sp³-hybridized carbons (Fsp3) is 0.350. The lowest BCUT2D eigenvalue weighted by Crippen LogP contribution is -2.57. The molecule has 1 aromatic rings. The van der Waals surface area contributed by atoms with Crippen LogP contribution in [0.2, 0.25) is 0 Å². The normalized spacial score (nSPS) is 14.3. The second-order valence-electron chi connectivity index (χ2n) is 7.07. The van der Waals surface area contributed by atoms with Crippen LogP contribution in [0.25, 0.3) is 0 Å². The molecule has 0 bridgehead atoms. The summed E-state index contributed by atoms with van der Waals surface area (Å²) in [4.78, 5) is 36.3. The number of hydrogen-bond donors (Lipinski definition) is 5. The van der Waals surface area contributed by atoms with Gasteiger partial charge in [0.15, 0.2) is 0 Å². The van der Waals surface area contributed by atoms with Gasteiger partial charge in [0.25, 0.3) is 11.8 Å². The molecule has 1 aliphatic heterocycles. The lowest BCUT2D eigenvalue weighted by atomic mass is 9.97.